The van der Waals surface area contributed by atoms with Crippen LogP contribution in [-0.4, -0.2) is 13.1 Å². The van der Waals surface area contributed by atoms with Crippen molar-refractivity contribution in [1.29, 1.82) is 0 Å². The van der Waals surface area contributed by atoms with Crippen molar-refractivity contribution in [2.75, 3.05) is 13.1 Å². The lowest BCUT2D eigenvalue weighted by atomic mass is 10.0. The van der Waals surface area contributed by atoms with Gasteiger partial charge in [-0.15, -0.1) is 0 Å². The summed E-state index contributed by atoms with van der Waals surface area (Å²) in [5, 5.41) is 3.45. The van der Waals surface area contributed by atoms with Gasteiger partial charge in [0.25, 0.3) is 0 Å². The van der Waals surface area contributed by atoms with Crippen molar-refractivity contribution in [1.82, 2.24) is 5.32 Å². The first-order valence-corrected chi connectivity index (χ1v) is 7.35. The zero-order chi connectivity index (χ0) is 13.6. The molecule has 1 heterocycles. The minimum absolute atomic E-state index is 0.680. The summed E-state index contributed by atoms with van der Waals surface area (Å²) >= 11 is 0. The smallest absolute Gasteiger partial charge is 0.0721 e. The molecule has 0 saturated heterocycles. The zero-order valence-corrected chi connectivity index (χ0v) is 11.8. The van der Waals surface area contributed by atoms with Gasteiger partial charge in [0, 0.05) is 0 Å². The number of hydrogen-bond acceptors (Lipinski definition) is 2. The van der Waals surface area contributed by atoms with Crippen molar-refractivity contribution >= 4 is 0 Å². The number of fused-ring (bicyclic) bond motifs is 1. The van der Waals surface area contributed by atoms with Crippen LogP contribution in [0.5, 0.6) is 0 Å². The molecule has 1 aliphatic heterocycles. The molecule has 20 heavy (non-hydrogen) atoms. The highest BCUT2D eigenvalue weighted by atomic mass is 16.5. The topological polar surface area (TPSA) is 21.3 Å². The quantitative estimate of drug-likeness (QED) is 0.919. The van der Waals surface area contributed by atoms with E-state index >= 15 is 0 Å². The maximum atomic E-state index is 5.81. The van der Waals surface area contributed by atoms with Gasteiger partial charge in [0.2, 0.25) is 0 Å². The summed E-state index contributed by atoms with van der Waals surface area (Å²) in [7, 11) is 0. The summed E-state index contributed by atoms with van der Waals surface area (Å²) in [6.45, 7) is 3.55. The number of hydrogen-bond donors (Lipinski definition) is 1. The molecular weight excluding hydrogens is 246 g/mol. The molecule has 0 spiro atoms. The fraction of sp³-hybridized carbons (Fsp3) is 0.333. The Morgan fingerprint density at radius 1 is 0.800 bits per heavy atom. The highest BCUT2D eigenvalue weighted by Crippen LogP contribution is 2.16. The van der Waals surface area contributed by atoms with E-state index in [1.54, 1.807) is 0 Å². The maximum absolute atomic E-state index is 5.81. The largest absolute Gasteiger partial charge is 0.372 e. The second-order valence-electron chi connectivity index (χ2n) is 5.33. The molecule has 2 nitrogen and oxygen atoms in total. The Kier molecular flexibility index (Phi) is 4.46. The lowest BCUT2D eigenvalue weighted by Gasteiger charge is -2.09. The Hall–Kier alpha value is -1.64. The second-order valence-corrected chi connectivity index (χ2v) is 5.33. The third-order valence-electron chi connectivity index (χ3n) is 3.79. The molecule has 0 aliphatic carbocycles. The molecule has 104 valence electrons. The first kappa shape index (κ1) is 13.3. The van der Waals surface area contributed by atoms with Gasteiger partial charge >= 0.3 is 0 Å². The maximum Gasteiger partial charge on any atom is 0.0721 e. The van der Waals surface area contributed by atoms with Crippen molar-refractivity contribution in [2.45, 2.75) is 26.1 Å². The molecule has 0 aromatic heterocycles. The van der Waals surface area contributed by atoms with Gasteiger partial charge in [-0.2, -0.15) is 0 Å². The molecule has 0 amide bonds. The van der Waals surface area contributed by atoms with Gasteiger partial charge in [0.1, 0.15) is 0 Å². The third kappa shape index (κ3) is 3.47. The second kappa shape index (κ2) is 6.69. The molecule has 0 saturated carbocycles. The van der Waals surface area contributed by atoms with E-state index in [0.717, 1.165) is 25.9 Å². The van der Waals surface area contributed by atoms with Crippen LogP contribution in [0.1, 0.15) is 22.3 Å². The van der Waals surface area contributed by atoms with Crippen LogP contribution < -0.4 is 5.32 Å². The van der Waals surface area contributed by atoms with Crippen LogP contribution in [0.3, 0.4) is 0 Å². The Bertz CT molecular complexity index is 551. The molecule has 2 heteroatoms. The van der Waals surface area contributed by atoms with Crippen molar-refractivity contribution in [3.63, 3.8) is 0 Å². The summed E-state index contributed by atoms with van der Waals surface area (Å²) in [4.78, 5) is 0. The van der Waals surface area contributed by atoms with Gasteiger partial charge in [0.15, 0.2) is 0 Å². The van der Waals surface area contributed by atoms with Gasteiger partial charge < -0.3 is 10.1 Å². The van der Waals surface area contributed by atoms with Crippen molar-refractivity contribution in [2.24, 2.45) is 0 Å². The predicted octanol–water partition coefficient (Wildman–Crippen LogP) is 3.09. The molecule has 2 aromatic carbocycles. The fourth-order valence-electron chi connectivity index (χ4n) is 2.68. The van der Waals surface area contributed by atoms with Crippen LogP contribution in [0.25, 0.3) is 0 Å². The van der Waals surface area contributed by atoms with Crippen LogP contribution >= 0.6 is 0 Å². The van der Waals surface area contributed by atoms with E-state index < -0.39 is 0 Å². The molecular formula is C18H21NO. The van der Waals surface area contributed by atoms with Crippen LogP contribution in [0.4, 0.5) is 0 Å². The van der Waals surface area contributed by atoms with E-state index in [1.807, 2.05) is 18.2 Å². The van der Waals surface area contributed by atoms with E-state index in [-0.39, 0.29) is 0 Å². The summed E-state index contributed by atoms with van der Waals surface area (Å²) in [6, 6.07) is 17.1. The summed E-state index contributed by atoms with van der Waals surface area (Å²) < 4.78 is 5.81. The lowest BCUT2D eigenvalue weighted by Crippen LogP contribution is -2.16. The minimum atomic E-state index is 0.680. The Labute approximate surface area is 120 Å². The van der Waals surface area contributed by atoms with Crippen molar-refractivity contribution in [3.05, 3.63) is 70.8 Å². The average Bonchev–Trinajstić information content (AvgIpc) is 2.73. The van der Waals surface area contributed by atoms with E-state index in [0.29, 0.717) is 13.2 Å². The standard InChI is InChI=1S/C18H21NO/c1-2-4-15(5-3-1)13-20-14-16-6-7-17-8-10-19-11-9-18(17)12-16/h1-7,12,19H,8-11,13-14H2. The summed E-state index contributed by atoms with van der Waals surface area (Å²) in [5.41, 5.74) is 5.48. The number of benzene rings is 2. The van der Waals surface area contributed by atoms with Gasteiger partial charge in [-0.05, 0) is 48.2 Å². The number of rotatable bonds is 4. The van der Waals surface area contributed by atoms with Gasteiger partial charge in [0.05, 0.1) is 13.2 Å². The molecule has 1 N–H and O–H groups in total. The van der Waals surface area contributed by atoms with Gasteiger partial charge in [-0.3, -0.25) is 0 Å². The number of nitrogens with one attached hydrogen (secondary N) is 1. The van der Waals surface area contributed by atoms with Gasteiger partial charge in [-0.1, -0.05) is 48.5 Å². The molecule has 0 bridgehead atoms. The molecule has 0 radical (unpaired) electrons. The highest BCUT2D eigenvalue weighted by molar-refractivity contribution is 5.33. The molecule has 1 aliphatic rings. The van der Waals surface area contributed by atoms with Crippen molar-refractivity contribution in [3.8, 4) is 0 Å². The normalized spacial score (nSPS) is 14.6. The van der Waals surface area contributed by atoms with Crippen LogP contribution in [0.2, 0.25) is 0 Å². The Morgan fingerprint density at radius 3 is 2.40 bits per heavy atom. The SMILES string of the molecule is c1ccc(COCc2ccc3c(c2)CCNCC3)cc1. The van der Waals surface area contributed by atoms with E-state index in [9.17, 15) is 0 Å². The Balaban J connectivity index is 1.59. The number of ether oxygens (including phenoxy) is 1. The molecule has 3 rings (SSSR count). The van der Waals surface area contributed by atoms with E-state index in [2.05, 4.69) is 35.6 Å². The van der Waals surface area contributed by atoms with Crippen LogP contribution in [0.15, 0.2) is 48.5 Å². The van der Waals surface area contributed by atoms with Crippen LogP contribution in [0, 0.1) is 0 Å². The van der Waals surface area contributed by atoms with E-state index in [1.165, 1.54) is 22.3 Å². The third-order valence-corrected chi connectivity index (χ3v) is 3.79. The molecule has 2 aromatic rings. The molecule has 0 fully saturated rings. The van der Waals surface area contributed by atoms with E-state index in [4.69, 9.17) is 4.74 Å². The molecule has 0 unspecified atom stereocenters. The van der Waals surface area contributed by atoms with Crippen LogP contribution in [-0.2, 0) is 30.8 Å². The first-order chi connectivity index (χ1) is 9.92. The average molecular weight is 267 g/mol. The highest BCUT2D eigenvalue weighted by Gasteiger charge is 2.07. The predicted molar refractivity (Wildman–Crippen MR) is 81.7 cm³/mol. The summed E-state index contributed by atoms with van der Waals surface area (Å²) in [5.74, 6) is 0. The fourth-order valence-corrected chi connectivity index (χ4v) is 2.68. The Morgan fingerprint density at radius 2 is 1.55 bits per heavy atom. The monoisotopic (exact) mass is 267 g/mol. The zero-order valence-electron chi connectivity index (χ0n) is 11.8. The van der Waals surface area contributed by atoms with Crippen molar-refractivity contribution < 1.29 is 4.74 Å². The summed E-state index contributed by atoms with van der Waals surface area (Å²) in [6.07, 6.45) is 2.27. The minimum Gasteiger partial charge on any atom is -0.372 e. The molecule has 0 atom stereocenters. The lowest BCUT2D eigenvalue weighted by molar-refractivity contribution is 0.107. The first-order valence-electron chi connectivity index (χ1n) is 7.35. The van der Waals surface area contributed by atoms with Gasteiger partial charge in [-0.25, -0.2) is 0 Å².